The van der Waals surface area contributed by atoms with Gasteiger partial charge in [0.2, 0.25) is 0 Å². The summed E-state index contributed by atoms with van der Waals surface area (Å²) in [6.45, 7) is 8.55. The molecule has 1 heterocycles. The molecule has 1 N–H and O–H groups in total. The lowest BCUT2D eigenvalue weighted by Gasteiger charge is -2.38. The second kappa shape index (κ2) is 4.56. The zero-order chi connectivity index (χ0) is 11.6. The number of morpholine rings is 1. The maximum Gasteiger partial charge on any atom is 0.0953 e. The standard InChI is InChI=1S/C14H21NO/c1-14(2,3)13-10-15-9-12(16-13)11-7-5-4-6-8-11/h4-8,12-13,15H,9-10H2,1-3H3/t12-,13+/m0/s1. The fraction of sp³-hybridized carbons (Fsp3) is 0.571. The lowest BCUT2D eigenvalue weighted by Crippen LogP contribution is -2.46. The number of rotatable bonds is 1. The average molecular weight is 219 g/mol. The summed E-state index contributed by atoms with van der Waals surface area (Å²) < 4.78 is 6.17. The van der Waals surface area contributed by atoms with Crippen LogP contribution >= 0.6 is 0 Å². The van der Waals surface area contributed by atoms with Gasteiger partial charge in [-0.3, -0.25) is 0 Å². The van der Waals surface area contributed by atoms with Crippen LogP contribution in [-0.4, -0.2) is 19.2 Å². The Morgan fingerprint density at radius 3 is 2.44 bits per heavy atom. The molecule has 0 spiro atoms. The van der Waals surface area contributed by atoms with Crippen molar-refractivity contribution in [2.24, 2.45) is 5.41 Å². The first kappa shape index (κ1) is 11.6. The molecule has 2 atom stereocenters. The van der Waals surface area contributed by atoms with Crippen molar-refractivity contribution in [2.45, 2.75) is 33.0 Å². The molecule has 1 aliphatic rings. The number of hydrogen-bond acceptors (Lipinski definition) is 2. The van der Waals surface area contributed by atoms with Crippen LogP contribution in [0, 0.1) is 5.41 Å². The molecule has 0 aromatic heterocycles. The largest absolute Gasteiger partial charge is 0.367 e. The Morgan fingerprint density at radius 1 is 1.12 bits per heavy atom. The first-order valence-corrected chi connectivity index (χ1v) is 5.98. The maximum absolute atomic E-state index is 6.17. The molecule has 16 heavy (non-hydrogen) atoms. The van der Waals surface area contributed by atoms with E-state index in [4.69, 9.17) is 4.74 Å². The first-order valence-electron chi connectivity index (χ1n) is 5.98. The molecule has 1 fully saturated rings. The van der Waals surface area contributed by atoms with Crippen molar-refractivity contribution >= 4 is 0 Å². The van der Waals surface area contributed by atoms with Gasteiger partial charge in [-0.1, -0.05) is 51.1 Å². The van der Waals surface area contributed by atoms with Crippen LogP contribution in [0.25, 0.3) is 0 Å². The summed E-state index contributed by atoms with van der Waals surface area (Å²) in [5, 5.41) is 3.46. The Labute approximate surface area is 98.0 Å². The molecule has 1 saturated heterocycles. The third-order valence-corrected chi connectivity index (χ3v) is 3.13. The van der Waals surface area contributed by atoms with Gasteiger partial charge in [-0.15, -0.1) is 0 Å². The molecule has 0 radical (unpaired) electrons. The number of nitrogens with one attached hydrogen (secondary N) is 1. The van der Waals surface area contributed by atoms with Crippen LogP contribution < -0.4 is 5.32 Å². The monoisotopic (exact) mass is 219 g/mol. The third kappa shape index (κ3) is 2.63. The Balaban J connectivity index is 2.08. The third-order valence-electron chi connectivity index (χ3n) is 3.13. The molecule has 1 aromatic rings. The van der Waals surface area contributed by atoms with Gasteiger partial charge >= 0.3 is 0 Å². The molecule has 0 saturated carbocycles. The van der Waals surface area contributed by atoms with E-state index in [0.29, 0.717) is 0 Å². The fourth-order valence-corrected chi connectivity index (χ4v) is 2.01. The number of benzene rings is 1. The highest BCUT2D eigenvalue weighted by molar-refractivity contribution is 5.18. The van der Waals surface area contributed by atoms with Gasteiger partial charge in [0, 0.05) is 13.1 Å². The van der Waals surface area contributed by atoms with Crippen LogP contribution in [0.3, 0.4) is 0 Å². The molecule has 88 valence electrons. The van der Waals surface area contributed by atoms with E-state index in [2.05, 4.69) is 50.4 Å². The highest BCUT2D eigenvalue weighted by atomic mass is 16.5. The summed E-state index contributed by atoms with van der Waals surface area (Å²) in [5.74, 6) is 0. The van der Waals surface area contributed by atoms with Gasteiger partial charge < -0.3 is 10.1 Å². The molecule has 1 aliphatic heterocycles. The SMILES string of the molecule is CC(C)(C)[C@H]1CNC[C@@H](c2ccccc2)O1. The van der Waals surface area contributed by atoms with Gasteiger partial charge in [0.1, 0.15) is 0 Å². The van der Waals surface area contributed by atoms with E-state index in [9.17, 15) is 0 Å². The fourth-order valence-electron chi connectivity index (χ4n) is 2.01. The lowest BCUT2D eigenvalue weighted by atomic mass is 9.87. The molecule has 0 unspecified atom stereocenters. The minimum absolute atomic E-state index is 0.194. The molecule has 2 nitrogen and oxygen atoms in total. The van der Waals surface area contributed by atoms with Gasteiger partial charge in [-0.2, -0.15) is 0 Å². The molecule has 0 bridgehead atoms. The second-order valence-corrected chi connectivity index (χ2v) is 5.55. The van der Waals surface area contributed by atoms with Crippen molar-refractivity contribution in [3.05, 3.63) is 35.9 Å². The summed E-state index contributed by atoms with van der Waals surface area (Å²) >= 11 is 0. The molecular weight excluding hydrogens is 198 g/mol. The van der Waals surface area contributed by atoms with E-state index in [0.717, 1.165) is 13.1 Å². The minimum atomic E-state index is 0.194. The second-order valence-electron chi connectivity index (χ2n) is 5.55. The predicted octanol–water partition coefficient (Wildman–Crippen LogP) is 2.76. The molecule has 2 rings (SSSR count). The average Bonchev–Trinajstić information content (AvgIpc) is 2.29. The molecule has 0 amide bonds. The molecular formula is C14H21NO. The van der Waals surface area contributed by atoms with Crippen molar-refractivity contribution in [3.8, 4) is 0 Å². The van der Waals surface area contributed by atoms with Crippen LogP contribution in [0.1, 0.15) is 32.4 Å². The van der Waals surface area contributed by atoms with E-state index in [-0.39, 0.29) is 17.6 Å². The van der Waals surface area contributed by atoms with Crippen LogP contribution in [0.15, 0.2) is 30.3 Å². The van der Waals surface area contributed by atoms with Gasteiger partial charge in [0.25, 0.3) is 0 Å². The van der Waals surface area contributed by atoms with Crippen molar-refractivity contribution in [1.82, 2.24) is 5.32 Å². The van der Waals surface area contributed by atoms with Crippen molar-refractivity contribution in [3.63, 3.8) is 0 Å². The van der Waals surface area contributed by atoms with E-state index in [1.807, 2.05) is 6.07 Å². The van der Waals surface area contributed by atoms with Gasteiger partial charge in [-0.05, 0) is 11.0 Å². The highest BCUT2D eigenvalue weighted by Gasteiger charge is 2.31. The van der Waals surface area contributed by atoms with Gasteiger partial charge in [0.05, 0.1) is 12.2 Å². The lowest BCUT2D eigenvalue weighted by molar-refractivity contribution is -0.0886. The van der Waals surface area contributed by atoms with Crippen LogP contribution in [0.4, 0.5) is 0 Å². The van der Waals surface area contributed by atoms with Crippen molar-refractivity contribution < 1.29 is 4.74 Å². The van der Waals surface area contributed by atoms with Crippen LogP contribution in [0.5, 0.6) is 0 Å². The molecule has 2 heteroatoms. The van der Waals surface area contributed by atoms with Crippen molar-refractivity contribution in [1.29, 1.82) is 0 Å². The Bertz CT molecular complexity index is 328. The van der Waals surface area contributed by atoms with E-state index in [1.165, 1.54) is 5.56 Å². The van der Waals surface area contributed by atoms with E-state index in [1.54, 1.807) is 0 Å². The van der Waals surface area contributed by atoms with Crippen LogP contribution in [-0.2, 0) is 4.74 Å². The Morgan fingerprint density at radius 2 is 1.81 bits per heavy atom. The zero-order valence-electron chi connectivity index (χ0n) is 10.4. The molecule has 0 aliphatic carbocycles. The summed E-state index contributed by atoms with van der Waals surface area (Å²) in [6, 6.07) is 10.5. The number of hydrogen-bond donors (Lipinski definition) is 1. The summed E-state index contributed by atoms with van der Waals surface area (Å²) in [6.07, 6.45) is 0.477. The smallest absolute Gasteiger partial charge is 0.0953 e. The summed E-state index contributed by atoms with van der Waals surface area (Å²) in [5.41, 5.74) is 1.46. The summed E-state index contributed by atoms with van der Waals surface area (Å²) in [4.78, 5) is 0. The zero-order valence-corrected chi connectivity index (χ0v) is 10.4. The minimum Gasteiger partial charge on any atom is -0.367 e. The van der Waals surface area contributed by atoms with Gasteiger partial charge in [-0.25, -0.2) is 0 Å². The molecule has 1 aromatic carbocycles. The summed E-state index contributed by atoms with van der Waals surface area (Å²) in [7, 11) is 0. The van der Waals surface area contributed by atoms with E-state index < -0.39 is 0 Å². The normalized spacial score (nSPS) is 26.7. The topological polar surface area (TPSA) is 21.3 Å². The predicted molar refractivity (Wildman–Crippen MR) is 66.4 cm³/mol. The van der Waals surface area contributed by atoms with Crippen molar-refractivity contribution in [2.75, 3.05) is 13.1 Å². The first-order chi connectivity index (χ1) is 7.57. The highest BCUT2D eigenvalue weighted by Crippen LogP contribution is 2.30. The Kier molecular flexibility index (Phi) is 3.31. The number of ether oxygens (including phenoxy) is 1. The Hall–Kier alpha value is -0.860. The van der Waals surface area contributed by atoms with E-state index >= 15 is 0 Å². The van der Waals surface area contributed by atoms with Gasteiger partial charge in [0.15, 0.2) is 0 Å². The quantitative estimate of drug-likeness (QED) is 0.784. The maximum atomic E-state index is 6.17. The van der Waals surface area contributed by atoms with Crippen LogP contribution in [0.2, 0.25) is 0 Å².